The third kappa shape index (κ3) is 20.4. The standard InChI is InChI=1S/C65H71NO5S/c1-7-11-15-19-43-68-62-49-58(37-29-54-31-39-60(66-6)40-32-54)64(70-45-21-17-13-9-3)47-56(62)35-27-52-23-25-53(26-24-52)28-36-57-48-65(71-46-22-18-14-10-4)59(50-63(57)69-44-20-16-12-8-2)38-30-55-33-41-61(42-34-55)72-51(5)67/h23-26,31-34,39-42,47-50H,7-22,43-46H2,1-5H3. The van der Waals surface area contributed by atoms with Crippen LogP contribution in [0, 0.1) is 53.9 Å². The average Bonchev–Trinajstić information content (AvgIpc) is 3.39. The van der Waals surface area contributed by atoms with Crippen molar-refractivity contribution in [2.24, 2.45) is 0 Å². The van der Waals surface area contributed by atoms with Gasteiger partial charge in [-0.3, -0.25) is 4.79 Å². The number of thioether (sulfide) groups is 1. The molecule has 5 rings (SSSR count). The fourth-order valence-corrected chi connectivity index (χ4v) is 8.02. The topological polar surface area (TPSA) is 58.4 Å². The van der Waals surface area contributed by atoms with Crippen LogP contribution in [0.25, 0.3) is 4.85 Å². The third-order valence-corrected chi connectivity index (χ3v) is 12.3. The molecule has 0 aliphatic rings. The highest BCUT2D eigenvalue weighted by atomic mass is 32.2. The summed E-state index contributed by atoms with van der Waals surface area (Å²) >= 11 is 1.21. The molecule has 0 spiro atoms. The second kappa shape index (κ2) is 32.8. The van der Waals surface area contributed by atoms with Gasteiger partial charge in [0.2, 0.25) is 0 Å². The number of carbonyl (C=O) groups excluding carboxylic acids is 1. The van der Waals surface area contributed by atoms with E-state index in [4.69, 9.17) is 25.5 Å². The van der Waals surface area contributed by atoms with Crippen LogP contribution in [-0.2, 0) is 4.79 Å². The molecular weight excluding hydrogens is 907 g/mol. The molecule has 0 unspecified atom stereocenters. The van der Waals surface area contributed by atoms with E-state index in [1.165, 1.54) is 11.8 Å². The smallest absolute Gasteiger partial charge is 0.190 e. The molecule has 0 fully saturated rings. The largest absolute Gasteiger partial charge is 0.492 e. The first-order valence-corrected chi connectivity index (χ1v) is 26.9. The van der Waals surface area contributed by atoms with Gasteiger partial charge in [-0.25, -0.2) is 4.85 Å². The van der Waals surface area contributed by atoms with Crippen molar-refractivity contribution in [3.05, 3.63) is 153 Å². The molecule has 6 nitrogen and oxygen atoms in total. The van der Waals surface area contributed by atoms with E-state index in [9.17, 15) is 4.79 Å². The summed E-state index contributed by atoms with van der Waals surface area (Å²) in [6.07, 6.45) is 17.4. The molecular formula is C65H71NO5S. The fourth-order valence-electron chi connectivity index (χ4n) is 7.42. The lowest BCUT2D eigenvalue weighted by Gasteiger charge is -2.14. The Morgan fingerprint density at radius 2 is 0.694 bits per heavy atom. The van der Waals surface area contributed by atoms with Gasteiger partial charge in [0.1, 0.15) is 23.0 Å². The Kier molecular flexibility index (Phi) is 25.5. The minimum atomic E-state index is 0.0483. The predicted molar refractivity (Wildman–Crippen MR) is 297 cm³/mol. The van der Waals surface area contributed by atoms with Gasteiger partial charge in [0.25, 0.3) is 0 Å². The first-order valence-electron chi connectivity index (χ1n) is 26.1. The number of unbranched alkanes of at least 4 members (excludes halogenated alkanes) is 12. The molecule has 5 aromatic carbocycles. The number of carbonyl (C=O) groups is 1. The van der Waals surface area contributed by atoms with Gasteiger partial charge < -0.3 is 18.9 Å². The summed E-state index contributed by atoms with van der Waals surface area (Å²) in [6, 6.07) is 30.9. The van der Waals surface area contributed by atoms with Crippen LogP contribution in [0.1, 0.15) is 182 Å². The van der Waals surface area contributed by atoms with E-state index in [1.807, 2.05) is 84.9 Å². The SMILES string of the molecule is [C-]#[N+]c1ccc(C#Cc2cc(OCCCCCC)c(C#Cc3ccc(C#Cc4cc(OCCCCCC)c(C#Cc5ccc(SC(C)=O)cc5)cc4OCCCCCC)cc3)cc2OCCCCCC)cc1. The van der Waals surface area contributed by atoms with Crippen molar-refractivity contribution in [3.63, 3.8) is 0 Å². The molecule has 0 N–H and O–H groups in total. The Bertz CT molecular complexity index is 2780. The highest BCUT2D eigenvalue weighted by Crippen LogP contribution is 2.31. The molecule has 0 radical (unpaired) electrons. The van der Waals surface area contributed by atoms with E-state index >= 15 is 0 Å². The predicted octanol–water partition coefficient (Wildman–Crippen LogP) is 16.3. The fraction of sp³-hybridized carbons (Fsp3) is 0.385. The average molecular weight is 978 g/mol. The molecule has 372 valence electrons. The van der Waals surface area contributed by atoms with Crippen molar-refractivity contribution < 1.29 is 23.7 Å². The van der Waals surface area contributed by atoms with Gasteiger partial charge in [0.15, 0.2) is 10.8 Å². The van der Waals surface area contributed by atoms with Crippen molar-refractivity contribution in [3.8, 4) is 70.4 Å². The van der Waals surface area contributed by atoms with Crippen molar-refractivity contribution in [1.29, 1.82) is 0 Å². The first-order chi connectivity index (χ1) is 35.3. The maximum absolute atomic E-state index is 11.6. The molecule has 0 saturated carbocycles. The summed E-state index contributed by atoms with van der Waals surface area (Å²) < 4.78 is 25.7. The zero-order chi connectivity index (χ0) is 51.0. The van der Waals surface area contributed by atoms with Gasteiger partial charge in [-0.1, -0.05) is 188 Å². The van der Waals surface area contributed by atoms with E-state index in [-0.39, 0.29) is 5.12 Å². The summed E-state index contributed by atoms with van der Waals surface area (Å²) in [6.45, 7) is 20.0. The van der Waals surface area contributed by atoms with Crippen LogP contribution in [0.5, 0.6) is 23.0 Å². The zero-order valence-corrected chi connectivity index (χ0v) is 44.1. The van der Waals surface area contributed by atoms with Crippen LogP contribution < -0.4 is 18.9 Å². The molecule has 0 bridgehead atoms. The van der Waals surface area contributed by atoms with Crippen molar-refractivity contribution in [2.75, 3.05) is 26.4 Å². The van der Waals surface area contributed by atoms with Gasteiger partial charge in [-0.05, 0) is 74.2 Å². The lowest BCUT2D eigenvalue weighted by atomic mass is 10.1. The van der Waals surface area contributed by atoms with Crippen molar-refractivity contribution in [2.45, 2.75) is 142 Å². The normalized spacial score (nSPS) is 10.2. The highest BCUT2D eigenvalue weighted by Gasteiger charge is 2.13. The Morgan fingerprint density at radius 1 is 0.417 bits per heavy atom. The third-order valence-electron chi connectivity index (χ3n) is 11.5. The molecule has 7 heteroatoms. The minimum absolute atomic E-state index is 0.0483. The van der Waals surface area contributed by atoms with E-state index in [0.29, 0.717) is 55.1 Å². The summed E-state index contributed by atoms with van der Waals surface area (Å²) in [5.41, 5.74) is 6.89. The first kappa shape index (κ1) is 56.0. The summed E-state index contributed by atoms with van der Waals surface area (Å²) in [5, 5.41) is 0.0483. The molecule has 0 heterocycles. The summed E-state index contributed by atoms with van der Waals surface area (Å²) in [5.74, 6) is 29.6. The van der Waals surface area contributed by atoms with Gasteiger partial charge in [-0.2, -0.15) is 0 Å². The van der Waals surface area contributed by atoms with Gasteiger partial charge in [0.05, 0.1) is 55.3 Å². The van der Waals surface area contributed by atoms with Crippen LogP contribution >= 0.6 is 11.8 Å². The lowest BCUT2D eigenvalue weighted by Crippen LogP contribution is -2.03. The second-order valence-electron chi connectivity index (χ2n) is 17.7. The minimum Gasteiger partial charge on any atom is -0.492 e. The van der Waals surface area contributed by atoms with Gasteiger partial charge in [0, 0.05) is 58.3 Å². The molecule has 0 aliphatic carbocycles. The highest BCUT2D eigenvalue weighted by molar-refractivity contribution is 8.13. The lowest BCUT2D eigenvalue weighted by molar-refractivity contribution is -0.109. The molecule has 5 aromatic rings. The molecule has 0 amide bonds. The Balaban J connectivity index is 1.46. The monoisotopic (exact) mass is 978 g/mol. The Labute approximate surface area is 436 Å². The number of rotatable bonds is 25. The van der Waals surface area contributed by atoms with Crippen molar-refractivity contribution in [1.82, 2.24) is 0 Å². The van der Waals surface area contributed by atoms with Crippen LogP contribution in [0.4, 0.5) is 5.69 Å². The number of benzene rings is 5. The van der Waals surface area contributed by atoms with Crippen LogP contribution in [0.15, 0.2) is 102 Å². The quantitative estimate of drug-likeness (QED) is 0.0251. The summed E-state index contributed by atoms with van der Waals surface area (Å²) in [7, 11) is 0. The van der Waals surface area contributed by atoms with Crippen LogP contribution in [0.2, 0.25) is 0 Å². The van der Waals surface area contributed by atoms with Gasteiger partial charge in [-0.15, -0.1) is 0 Å². The number of hydrogen-bond acceptors (Lipinski definition) is 6. The molecule has 0 aromatic heterocycles. The van der Waals surface area contributed by atoms with Crippen LogP contribution in [0.3, 0.4) is 0 Å². The van der Waals surface area contributed by atoms with Crippen LogP contribution in [-0.4, -0.2) is 31.5 Å². The van der Waals surface area contributed by atoms with E-state index in [2.05, 4.69) is 79.9 Å². The van der Waals surface area contributed by atoms with E-state index in [1.54, 1.807) is 19.1 Å². The summed E-state index contributed by atoms with van der Waals surface area (Å²) in [4.78, 5) is 16.0. The zero-order valence-electron chi connectivity index (χ0n) is 43.3. The second-order valence-corrected chi connectivity index (χ2v) is 18.9. The number of nitrogens with zero attached hydrogens (tertiary/aromatic N) is 1. The van der Waals surface area contributed by atoms with Gasteiger partial charge >= 0.3 is 0 Å². The van der Waals surface area contributed by atoms with E-state index in [0.717, 1.165) is 152 Å². The maximum Gasteiger partial charge on any atom is 0.190 e. The Morgan fingerprint density at radius 3 is 0.958 bits per heavy atom. The number of hydrogen-bond donors (Lipinski definition) is 0. The number of ether oxygens (including phenoxy) is 4. The molecule has 0 atom stereocenters. The van der Waals surface area contributed by atoms with E-state index < -0.39 is 0 Å². The molecule has 0 aliphatic heterocycles. The molecule has 72 heavy (non-hydrogen) atoms. The maximum atomic E-state index is 11.6. The Hall–Kier alpha value is -6.95. The molecule has 0 saturated heterocycles. The van der Waals surface area contributed by atoms with Crippen molar-refractivity contribution >= 4 is 22.6 Å².